The third-order valence-corrected chi connectivity index (χ3v) is 3.87. The molecular weight excluding hydrogens is 272 g/mol. The fourth-order valence-electron chi connectivity index (χ4n) is 2.78. The van der Waals surface area contributed by atoms with Gasteiger partial charge in [-0.2, -0.15) is 5.26 Å². The molecule has 0 aliphatic carbocycles. The number of nitrogens with two attached hydrogens (primary N) is 1. The van der Waals surface area contributed by atoms with E-state index < -0.39 is 0 Å². The molecule has 0 radical (unpaired) electrons. The molecule has 4 heteroatoms. The molecule has 2 heterocycles. The average Bonchev–Trinajstić information content (AvgIpc) is 2.94. The summed E-state index contributed by atoms with van der Waals surface area (Å²) in [5, 5.41) is 10.3. The number of nitrogens with one attached hydrogen (secondary N) is 1. The van der Waals surface area contributed by atoms with Gasteiger partial charge >= 0.3 is 0 Å². The van der Waals surface area contributed by atoms with E-state index in [1.165, 1.54) is 5.56 Å². The molecule has 0 bridgehead atoms. The summed E-state index contributed by atoms with van der Waals surface area (Å²) in [6.45, 7) is 0.702. The van der Waals surface area contributed by atoms with Gasteiger partial charge in [0.05, 0.1) is 17.3 Å². The molecule has 3 N–H and O–H groups in total. The number of pyridine rings is 1. The number of aryl methyl sites for hydroxylation is 1. The Kier molecular flexibility index (Phi) is 4.17. The molecule has 0 aliphatic heterocycles. The number of fused-ring (bicyclic) bond motifs is 1. The second-order valence-electron chi connectivity index (χ2n) is 5.34. The maximum atomic E-state index is 9.14. The van der Waals surface area contributed by atoms with E-state index in [1.54, 1.807) is 6.20 Å². The Morgan fingerprint density at radius 1 is 1.23 bits per heavy atom. The van der Waals surface area contributed by atoms with Crippen molar-refractivity contribution in [3.8, 4) is 17.3 Å². The van der Waals surface area contributed by atoms with Crippen LogP contribution in [0, 0.1) is 11.3 Å². The van der Waals surface area contributed by atoms with Crippen molar-refractivity contribution in [2.45, 2.75) is 19.3 Å². The van der Waals surface area contributed by atoms with Crippen molar-refractivity contribution < 1.29 is 0 Å². The van der Waals surface area contributed by atoms with Crippen LogP contribution in [0.4, 0.5) is 0 Å². The van der Waals surface area contributed by atoms with E-state index in [1.807, 2.05) is 30.5 Å². The van der Waals surface area contributed by atoms with Crippen LogP contribution >= 0.6 is 0 Å². The van der Waals surface area contributed by atoms with Gasteiger partial charge in [0.15, 0.2) is 0 Å². The monoisotopic (exact) mass is 290 g/mol. The molecule has 0 spiro atoms. The van der Waals surface area contributed by atoms with E-state index in [4.69, 9.17) is 11.0 Å². The quantitative estimate of drug-likeness (QED) is 0.707. The topological polar surface area (TPSA) is 78.5 Å². The first-order valence-corrected chi connectivity index (χ1v) is 7.48. The summed E-state index contributed by atoms with van der Waals surface area (Å²) in [6, 6.07) is 12.0. The van der Waals surface area contributed by atoms with Gasteiger partial charge in [0.1, 0.15) is 0 Å². The van der Waals surface area contributed by atoms with Crippen LogP contribution < -0.4 is 5.73 Å². The zero-order valence-electron chi connectivity index (χ0n) is 12.3. The largest absolute Gasteiger partial charge is 0.354 e. The van der Waals surface area contributed by atoms with E-state index in [0.29, 0.717) is 12.1 Å². The second-order valence-corrected chi connectivity index (χ2v) is 5.34. The zero-order chi connectivity index (χ0) is 15.4. The van der Waals surface area contributed by atoms with Crippen molar-refractivity contribution in [1.29, 1.82) is 5.26 Å². The fourth-order valence-corrected chi connectivity index (χ4v) is 2.78. The highest BCUT2D eigenvalue weighted by atomic mass is 14.7. The molecule has 0 fully saturated rings. The Morgan fingerprint density at radius 2 is 2.14 bits per heavy atom. The van der Waals surface area contributed by atoms with Gasteiger partial charge in [0.25, 0.3) is 0 Å². The van der Waals surface area contributed by atoms with E-state index in [0.717, 1.165) is 41.4 Å². The molecule has 0 aliphatic rings. The van der Waals surface area contributed by atoms with Crippen LogP contribution in [-0.4, -0.2) is 16.5 Å². The van der Waals surface area contributed by atoms with Crippen LogP contribution in [0.15, 0.2) is 42.7 Å². The van der Waals surface area contributed by atoms with Crippen LogP contribution in [-0.2, 0) is 6.42 Å². The van der Waals surface area contributed by atoms with E-state index >= 15 is 0 Å². The zero-order valence-corrected chi connectivity index (χ0v) is 12.3. The molecule has 3 aromatic rings. The second kappa shape index (κ2) is 6.42. The van der Waals surface area contributed by atoms with Gasteiger partial charge in [-0.05, 0) is 61.7 Å². The number of hydrogen-bond donors (Lipinski definition) is 2. The maximum Gasteiger partial charge on any atom is 0.0991 e. The van der Waals surface area contributed by atoms with Crippen LogP contribution in [0.25, 0.3) is 22.2 Å². The maximum absolute atomic E-state index is 9.14. The van der Waals surface area contributed by atoms with Gasteiger partial charge in [0.2, 0.25) is 0 Å². The molecule has 0 unspecified atom stereocenters. The molecule has 22 heavy (non-hydrogen) atoms. The lowest BCUT2D eigenvalue weighted by Gasteiger charge is -2.05. The molecule has 1 aromatic carbocycles. The minimum Gasteiger partial charge on any atom is -0.354 e. The van der Waals surface area contributed by atoms with Gasteiger partial charge < -0.3 is 10.7 Å². The number of nitriles is 1. The van der Waals surface area contributed by atoms with Gasteiger partial charge in [-0.15, -0.1) is 0 Å². The summed E-state index contributed by atoms with van der Waals surface area (Å²) in [5.74, 6) is 0. The van der Waals surface area contributed by atoms with Crippen molar-refractivity contribution in [1.82, 2.24) is 9.97 Å². The van der Waals surface area contributed by atoms with Crippen LogP contribution in [0.5, 0.6) is 0 Å². The molecule has 0 atom stereocenters. The van der Waals surface area contributed by atoms with Crippen molar-refractivity contribution in [3.63, 3.8) is 0 Å². The summed E-state index contributed by atoms with van der Waals surface area (Å²) in [5.41, 5.74) is 10.8. The smallest absolute Gasteiger partial charge is 0.0991 e. The first-order chi connectivity index (χ1) is 10.8. The predicted octanol–water partition coefficient (Wildman–Crippen LogP) is 3.38. The molecule has 4 nitrogen and oxygen atoms in total. The lowest BCUT2D eigenvalue weighted by Crippen LogP contribution is -1.99. The molecule has 0 saturated carbocycles. The number of rotatable bonds is 5. The summed E-state index contributed by atoms with van der Waals surface area (Å²) < 4.78 is 0. The normalized spacial score (nSPS) is 10.7. The Labute approximate surface area is 129 Å². The highest BCUT2D eigenvalue weighted by Gasteiger charge is 2.13. The highest BCUT2D eigenvalue weighted by Crippen LogP contribution is 2.31. The third kappa shape index (κ3) is 2.72. The highest BCUT2D eigenvalue weighted by molar-refractivity contribution is 5.91. The predicted molar refractivity (Wildman–Crippen MR) is 88.2 cm³/mol. The van der Waals surface area contributed by atoms with Crippen molar-refractivity contribution >= 4 is 10.9 Å². The lowest BCUT2D eigenvalue weighted by atomic mass is 10.0. The van der Waals surface area contributed by atoms with Crippen molar-refractivity contribution in [2.24, 2.45) is 5.73 Å². The number of aromatic nitrogens is 2. The SMILES string of the molecule is N#Cc1ccc2[nH]c(-c3cccnc3)c(CCCCN)c2c1. The lowest BCUT2D eigenvalue weighted by molar-refractivity contribution is 0.748. The molecule has 2 aromatic heterocycles. The fraction of sp³-hybridized carbons (Fsp3) is 0.222. The van der Waals surface area contributed by atoms with Crippen molar-refractivity contribution in [2.75, 3.05) is 6.54 Å². The summed E-state index contributed by atoms with van der Waals surface area (Å²) in [4.78, 5) is 7.69. The van der Waals surface area contributed by atoms with E-state index in [2.05, 4.69) is 22.1 Å². The van der Waals surface area contributed by atoms with E-state index in [9.17, 15) is 0 Å². The van der Waals surface area contributed by atoms with Crippen molar-refractivity contribution in [3.05, 3.63) is 53.9 Å². The average molecular weight is 290 g/mol. The van der Waals surface area contributed by atoms with Gasteiger partial charge in [-0.3, -0.25) is 4.98 Å². The first kappa shape index (κ1) is 14.3. The number of unbranched alkanes of at least 4 members (excludes halogenated alkanes) is 1. The number of benzene rings is 1. The van der Waals surface area contributed by atoms with E-state index in [-0.39, 0.29) is 0 Å². The number of H-pyrrole nitrogens is 1. The number of hydrogen-bond acceptors (Lipinski definition) is 3. The third-order valence-electron chi connectivity index (χ3n) is 3.87. The van der Waals surface area contributed by atoms with Gasteiger partial charge in [0, 0.05) is 28.9 Å². The first-order valence-electron chi connectivity index (χ1n) is 7.48. The number of aromatic amines is 1. The minimum absolute atomic E-state index is 0.685. The van der Waals surface area contributed by atoms with Gasteiger partial charge in [-0.1, -0.05) is 0 Å². The Bertz CT molecular complexity index is 812. The molecule has 0 saturated heterocycles. The molecule has 110 valence electrons. The summed E-state index contributed by atoms with van der Waals surface area (Å²) in [7, 11) is 0. The summed E-state index contributed by atoms with van der Waals surface area (Å²) in [6.07, 6.45) is 6.61. The van der Waals surface area contributed by atoms with Gasteiger partial charge in [-0.25, -0.2) is 0 Å². The Balaban J connectivity index is 2.13. The minimum atomic E-state index is 0.685. The standard InChI is InChI=1S/C18H18N4/c19-8-2-1-5-15-16-10-13(11-20)6-7-17(16)22-18(15)14-4-3-9-21-12-14/h3-4,6-7,9-10,12,22H,1-2,5,8,19H2. The Morgan fingerprint density at radius 3 is 2.86 bits per heavy atom. The number of nitrogens with zero attached hydrogens (tertiary/aromatic N) is 2. The van der Waals surface area contributed by atoms with Crippen LogP contribution in [0.1, 0.15) is 24.0 Å². The van der Waals surface area contributed by atoms with Crippen LogP contribution in [0.2, 0.25) is 0 Å². The molecular formula is C18H18N4. The van der Waals surface area contributed by atoms with Crippen LogP contribution in [0.3, 0.4) is 0 Å². The summed E-state index contributed by atoms with van der Waals surface area (Å²) >= 11 is 0. The Hall–Kier alpha value is -2.64. The molecule has 0 amide bonds. The molecule has 3 rings (SSSR count).